The second kappa shape index (κ2) is 6.11. The zero-order valence-corrected chi connectivity index (χ0v) is 10.9. The predicted octanol–water partition coefficient (Wildman–Crippen LogP) is 2.30. The number of rotatable bonds is 7. The van der Waals surface area contributed by atoms with Gasteiger partial charge in [0.15, 0.2) is 0 Å². The van der Waals surface area contributed by atoms with E-state index < -0.39 is 0 Å². The molecule has 0 heterocycles. The van der Waals surface area contributed by atoms with E-state index in [1.54, 1.807) is 6.07 Å². The van der Waals surface area contributed by atoms with Gasteiger partial charge in [0.25, 0.3) is 0 Å². The molecule has 98 valence electrons. The lowest BCUT2D eigenvalue weighted by molar-refractivity contribution is 0.134. The monoisotopic (exact) mass is 268 g/mol. The van der Waals surface area contributed by atoms with Crippen LogP contribution in [0.4, 0.5) is 10.1 Å². The van der Waals surface area contributed by atoms with Gasteiger partial charge in [-0.05, 0) is 37.0 Å². The maximum absolute atomic E-state index is 13.1. The highest BCUT2D eigenvalue weighted by Crippen LogP contribution is 2.28. The molecule has 0 radical (unpaired) electrons. The van der Waals surface area contributed by atoms with Crippen molar-refractivity contribution in [3.05, 3.63) is 29.6 Å². The van der Waals surface area contributed by atoms with E-state index in [9.17, 15) is 4.39 Å². The van der Waals surface area contributed by atoms with E-state index >= 15 is 0 Å². The van der Waals surface area contributed by atoms with Crippen molar-refractivity contribution in [3.63, 3.8) is 0 Å². The summed E-state index contributed by atoms with van der Waals surface area (Å²) in [5.41, 5.74) is 6.84. The van der Waals surface area contributed by atoms with Crippen LogP contribution in [0.15, 0.2) is 18.2 Å². The molecule has 0 amide bonds. The zero-order chi connectivity index (χ0) is 13.0. The van der Waals surface area contributed by atoms with E-state index in [2.05, 4.69) is 5.32 Å². The molecule has 0 unspecified atom stereocenters. The van der Waals surface area contributed by atoms with E-state index in [-0.39, 0.29) is 10.8 Å². The number of halogens is 1. The summed E-state index contributed by atoms with van der Waals surface area (Å²) in [7, 11) is 0. The Morgan fingerprint density at radius 3 is 2.94 bits per heavy atom. The quantitative estimate of drug-likeness (QED) is 0.588. The van der Waals surface area contributed by atoms with E-state index in [0.29, 0.717) is 18.7 Å². The molecule has 1 aromatic rings. The molecule has 0 spiro atoms. The van der Waals surface area contributed by atoms with Crippen molar-refractivity contribution in [2.24, 2.45) is 11.7 Å². The molecule has 1 aliphatic rings. The Bertz CT molecular complexity index is 435. The molecule has 0 aromatic heterocycles. The fourth-order valence-corrected chi connectivity index (χ4v) is 1.84. The summed E-state index contributed by atoms with van der Waals surface area (Å²) in [6.45, 7) is 2.13. The van der Waals surface area contributed by atoms with Crippen LogP contribution in [-0.2, 0) is 4.74 Å². The van der Waals surface area contributed by atoms with Gasteiger partial charge in [0.1, 0.15) is 10.8 Å². The van der Waals surface area contributed by atoms with Crippen LogP contribution in [-0.4, -0.2) is 24.7 Å². The molecule has 2 rings (SSSR count). The lowest BCUT2D eigenvalue weighted by Gasteiger charge is -2.11. The molecule has 3 nitrogen and oxygen atoms in total. The van der Waals surface area contributed by atoms with Crippen molar-refractivity contribution >= 4 is 22.9 Å². The molecule has 0 atom stereocenters. The Morgan fingerprint density at radius 2 is 2.28 bits per heavy atom. The Morgan fingerprint density at radius 1 is 1.50 bits per heavy atom. The highest BCUT2D eigenvalue weighted by Gasteiger charge is 2.20. The molecule has 0 aliphatic heterocycles. The minimum Gasteiger partial charge on any atom is -0.389 e. The third-order valence-corrected chi connectivity index (χ3v) is 3.08. The first-order valence-electron chi connectivity index (χ1n) is 6.08. The van der Waals surface area contributed by atoms with Gasteiger partial charge >= 0.3 is 0 Å². The van der Waals surface area contributed by atoms with Gasteiger partial charge in [0, 0.05) is 24.4 Å². The van der Waals surface area contributed by atoms with Crippen LogP contribution in [0.25, 0.3) is 0 Å². The second-order valence-corrected chi connectivity index (χ2v) is 4.94. The van der Waals surface area contributed by atoms with Crippen LogP contribution in [0.2, 0.25) is 0 Å². The Hall–Kier alpha value is -1.20. The summed E-state index contributed by atoms with van der Waals surface area (Å²) < 4.78 is 18.6. The number of thiocarbonyl (C=S) groups is 1. The number of anilines is 1. The molecule has 5 heteroatoms. The Kier molecular flexibility index (Phi) is 4.49. The average Bonchev–Trinajstić information content (AvgIpc) is 3.14. The first-order chi connectivity index (χ1) is 8.66. The van der Waals surface area contributed by atoms with Crippen molar-refractivity contribution in [3.8, 4) is 0 Å². The summed E-state index contributed by atoms with van der Waals surface area (Å²) in [6.07, 6.45) is 2.58. The molecular weight excluding hydrogens is 251 g/mol. The number of ether oxygens (including phenoxy) is 1. The van der Waals surface area contributed by atoms with Gasteiger partial charge in [-0.2, -0.15) is 0 Å². The number of hydrogen-bond donors (Lipinski definition) is 2. The molecule has 1 saturated carbocycles. The number of hydrogen-bond acceptors (Lipinski definition) is 3. The number of nitrogens with two attached hydrogens (primary N) is 1. The maximum atomic E-state index is 13.1. The van der Waals surface area contributed by atoms with Gasteiger partial charge in [-0.15, -0.1) is 0 Å². The van der Waals surface area contributed by atoms with Crippen molar-refractivity contribution in [1.82, 2.24) is 0 Å². The summed E-state index contributed by atoms with van der Waals surface area (Å²) >= 11 is 4.89. The first kappa shape index (κ1) is 13.2. The molecule has 3 N–H and O–H groups in total. The van der Waals surface area contributed by atoms with E-state index in [4.69, 9.17) is 22.7 Å². The van der Waals surface area contributed by atoms with Gasteiger partial charge in [-0.1, -0.05) is 12.2 Å². The van der Waals surface area contributed by atoms with Crippen LogP contribution in [0.1, 0.15) is 18.4 Å². The lowest BCUT2D eigenvalue weighted by atomic mass is 10.1. The van der Waals surface area contributed by atoms with Crippen LogP contribution in [0.3, 0.4) is 0 Å². The number of benzene rings is 1. The molecule has 1 aromatic carbocycles. The third kappa shape index (κ3) is 3.92. The van der Waals surface area contributed by atoms with Gasteiger partial charge < -0.3 is 15.8 Å². The lowest BCUT2D eigenvalue weighted by Crippen LogP contribution is -2.16. The smallest absolute Gasteiger partial charge is 0.124 e. The predicted molar refractivity (Wildman–Crippen MR) is 74.3 cm³/mol. The van der Waals surface area contributed by atoms with E-state index in [1.807, 2.05) is 0 Å². The fourth-order valence-electron chi connectivity index (χ4n) is 1.67. The summed E-state index contributed by atoms with van der Waals surface area (Å²) in [5, 5.41) is 3.16. The van der Waals surface area contributed by atoms with Crippen molar-refractivity contribution in [2.45, 2.75) is 12.8 Å². The Balaban J connectivity index is 1.81. The third-order valence-electron chi connectivity index (χ3n) is 2.86. The topological polar surface area (TPSA) is 47.3 Å². The second-order valence-electron chi connectivity index (χ2n) is 4.50. The molecule has 0 bridgehead atoms. The molecule has 0 saturated heterocycles. The molecule has 1 fully saturated rings. The normalized spacial score (nSPS) is 14.5. The van der Waals surface area contributed by atoms with E-state index in [0.717, 1.165) is 18.2 Å². The van der Waals surface area contributed by atoms with Gasteiger partial charge in [-0.25, -0.2) is 4.39 Å². The van der Waals surface area contributed by atoms with Crippen molar-refractivity contribution in [2.75, 3.05) is 25.1 Å². The minimum absolute atomic E-state index is 0.191. The highest BCUT2D eigenvalue weighted by atomic mass is 32.1. The fraction of sp³-hybridized carbons (Fsp3) is 0.462. The maximum Gasteiger partial charge on any atom is 0.124 e. The van der Waals surface area contributed by atoms with Crippen LogP contribution in [0.5, 0.6) is 0 Å². The van der Waals surface area contributed by atoms with Gasteiger partial charge in [0.05, 0.1) is 6.61 Å². The SMILES string of the molecule is NC(=S)c1cc(F)ccc1NCCOCC1CC1. The van der Waals surface area contributed by atoms with Crippen LogP contribution in [0, 0.1) is 11.7 Å². The minimum atomic E-state index is -0.340. The summed E-state index contributed by atoms with van der Waals surface area (Å²) in [4.78, 5) is 0.191. The van der Waals surface area contributed by atoms with E-state index in [1.165, 1.54) is 25.0 Å². The summed E-state index contributed by atoms with van der Waals surface area (Å²) in [6, 6.07) is 4.37. The first-order valence-corrected chi connectivity index (χ1v) is 6.48. The Labute approximate surface area is 112 Å². The standard InChI is InChI=1S/C13H17FN2OS/c14-10-3-4-12(11(7-10)13(15)18)16-5-6-17-8-9-1-2-9/h3-4,7,9,16H,1-2,5-6,8H2,(H2,15,18). The van der Waals surface area contributed by atoms with Crippen LogP contribution < -0.4 is 11.1 Å². The summed E-state index contributed by atoms with van der Waals surface area (Å²) in [5.74, 6) is 0.427. The molecule has 18 heavy (non-hydrogen) atoms. The largest absolute Gasteiger partial charge is 0.389 e. The zero-order valence-electron chi connectivity index (χ0n) is 10.1. The molecule has 1 aliphatic carbocycles. The van der Waals surface area contributed by atoms with Gasteiger partial charge in [-0.3, -0.25) is 0 Å². The highest BCUT2D eigenvalue weighted by molar-refractivity contribution is 7.80. The van der Waals surface area contributed by atoms with Crippen molar-refractivity contribution < 1.29 is 9.13 Å². The van der Waals surface area contributed by atoms with Crippen LogP contribution >= 0.6 is 12.2 Å². The molecular formula is C13H17FN2OS. The van der Waals surface area contributed by atoms with Gasteiger partial charge in [0.2, 0.25) is 0 Å². The average molecular weight is 268 g/mol. The number of nitrogens with one attached hydrogen (secondary N) is 1. The van der Waals surface area contributed by atoms with Crippen molar-refractivity contribution in [1.29, 1.82) is 0 Å².